The minimum Gasteiger partial charge on any atom is -0.383 e. The molecule has 1 aromatic heterocycles. The molecular weight excluding hydrogens is 389 g/mol. The van der Waals surface area contributed by atoms with E-state index >= 15 is 0 Å². The Morgan fingerprint density at radius 1 is 1.36 bits per heavy atom. The Labute approximate surface area is 145 Å². The average molecular weight is 413 g/mol. The fraction of sp³-hybridized carbons (Fsp3) is 0.529. The zero-order valence-electron chi connectivity index (χ0n) is 13.5. The fourth-order valence-electron chi connectivity index (χ4n) is 2.91. The van der Waals surface area contributed by atoms with E-state index in [-0.39, 0.29) is 6.04 Å². The molecule has 22 heavy (non-hydrogen) atoms. The van der Waals surface area contributed by atoms with Crippen LogP contribution in [0.15, 0.2) is 18.2 Å². The smallest absolute Gasteiger partial charge is 0.137 e. The van der Waals surface area contributed by atoms with E-state index in [0.29, 0.717) is 12.1 Å². The highest BCUT2D eigenvalue weighted by Gasteiger charge is 2.16. The monoisotopic (exact) mass is 413 g/mol. The molecule has 0 bridgehead atoms. The maximum absolute atomic E-state index is 8.67. The van der Waals surface area contributed by atoms with E-state index in [1.165, 1.54) is 12.8 Å². The summed E-state index contributed by atoms with van der Waals surface area (Å²) in [6.07, 6.45) is 4.59. The number of nitrogens with zero attached hydrogens (tertiary/aromatic N) is 2. The second-order valence-electron chi connectivity index (χ2n) is 5.62. The van der Waals surface area contributed by atoms with Crippen molar-refractivity contribution >= 4 is 33.5 Å². The van der Waals surface area contributed by atoms with Crippen LogP contribution in [-0.2, 0) is 4.74 Å². The number of hydrogen-bond acceptors (Lipinski definition) is 3. The molecule has 5 heteroatoms. The first-order chi connectivity index (χ1) is 10.6. The average Bonchev–Trinajstić information content (AvgIpc) is 2.47. The van der Waals surface area contributed by atoms with Crippen LogP contribution in [0.3, 0.4) is 0 Å². The van der Waals surface area contributed by atoms with Crippen LogP contribution < -0.4 is 5.49 Å². The number of halogens is 1. The van der Waals surface area contributed by atoms with Crippen molar-refractivity contribution in [3.05, 3.63) is 33.1 Å². The molecule has 2 aromatic rings. The highest BCUT2D eigenvalue weighted by molar-refractivity contribution is 14.1. The van der Waals surface area contributed by atoms with Crippen LogP contribution in [0.4, 0.5) is 0 Å². The van der Waals surface area contributed by atoms with Crippen LogP contribution in [0.1, 0.15) is 44.5 Å². The Morgan fingerprint density at radius 3 is 2.82 bits per heavy atom. The molecular formula is C17H24IN3O. The molecule has 0 fully saturated rings. The normalized spacial score (nSPS) is 12.7. The lowest BCUT2D eigenvalue weighted by Gasteiger charge is -2.23. The van der Waals surface area contributed by atoms with Gasteiger partial charge in [0.2, 0.25) is 0 Å². The van der Waals surface area contributed by atoms with Crippen molar-refractivity contribution in [2.24, 2.45) is 0 Å². The number of ether oxygens (including phenoxy) is 1. The number of aryl methyl sites for hydroxylation is 1. The summed E-state index contributed by atoms with van der Waals surface area (Å²) < 4.78 is 8.53. The van der Waals surface area contributed by atoms with Crippen molar-refractivity contribution < 1.29 is 4.74 Å². The maximum atomic E-state index is 8.67. The van der Waals surface area contributed by atoms with E-state index in [9.17, 15) is 0 Å². The molecule has 0 aliphatic heterocycles. The molecule has 0 amide bonds. The van der Waals surface area contributed by atoms with Crippen LogP contribution >= 0.6 is 22.6 Å². The van der Waals surface area contributed by atoms with Crippen molar-refractivity contribution in [1.82, 2.24) is 9.55 Å². The summed E-state index contributed by atoms with van der Waals surface area (Å²) in [5.41, 5.74) is 1.45. The number of methoxy groups -OCH3 is 1. The van der Waals surface area contributed by atoms with Crippen molar-refractivity contribution in [2.45, 2.75) is 45.6 Å². The SMILES string of the molecule is CCCCCC(COC)n1c(C)nc2cccc(I)c2c1=N. The predicted octanol–water partition coefficient (Wildman–Crippen LogP) is 4.20. The van der Waals surface area contributed by atoms with E-state index in [1.807, 2.05) is 29.7 Å². The Balaban J connectivity index is 2.51. The van der Waals surface area contributed by atoms with Crippen molar-refractivity contribution in [3.8, 4) is 0 Å². The highest BCUT2D eigenvalue weighted by Crippen LogP contribution is 2.20. The number of aromatic nitrogens is 2. The second-order valence-corrected chi connectivity index (χ2v) is 6.78. The summed E-state index contributed by atoms with van der Waals surface area (Å²) in [4.78, 5) is 4.71. The van der Waals surface area contributed by atoms with Gasteiger partial charge in [-0.3, -0.25) is 5.41 Å². The van der Waals surface area contributed by atoms with Crippen LogP contribution in [0, 0.1) is 15.9 Å². The van der Waals surface area contributed by atoms with E-state index in [4.69, 9.17) is 15.1 Å². The first-order valence-corrected chi connectivity index (χ1v) is 8.88. The second kappa shape index (κ2) is 8.06. The van der Waals surface area contributed by atoms with Crippen LogP contribution in [0.5, 0.6) is 0 Å². The number of nitrogens with one attached hydrogen (secondary N) is 1. The number of benzene rings is 1. The Morgan fingerprint density at radius 2 is 2.14 bits per heavy atom. The Hall–Kier alpha value is -0.950. The molecule has 0 radical (unpaired) electrons. The molecule has 0 aliphatic rings. The third kappa shape index (κ3) is 3.68. The minimum absolute atomic E-state index is 0.178. The third-order valence-electron chi connectivity index (χ3n) is 3.97. The number of unbranched alkanes of at least 4 members (excludes halogenated alkanes) is 2. The molecule has 0 saturated heterocycles. The molecule has 1 unspecified atom stereocenters. The molecule has 1 N–H and O–H groups in total. The van der Waals surface area contributed by atoms with Gasteiger partial charge in [-0.05, 0) is 48.1 Å². The summed E-state index contributed by atoms with van der Waals surface area (Å²) in [5, 5.41) is 9.61. The standard InChI is InChI=1S/C17H24IN3O/c1-4-5-6-8-13(11-22-3)21-12(2)20-15-10-7-9-14(18)16(15)17(21)19/h7,9-10,13,19H,4-6,8,11H2,1-3H3. The molecule has 1 atom stereocenters. The molecule has 2 rings (SSSR count). The van der Waals surface area contributed by atoms with E-state index in [2.05, 4.69) is 29.5 Å². The topological polar surface area (TPSA) is 50.9 Å². The zero-order valence-corrected chi connectivity index (χ0v) is 15.7. The molecule has 1 heterocycles. The summed E-state index contributed by atoms with van der Waals surface area (Å²) in [6.45, 7) is 4.82. The number of rotatable bonds is 7. The summed E-state index contributed by atoms with van der Waals surface area (Å²) in [7, 11) is 1.73. The van der Waals surface area contributed by atoms with Gasteiger partial charge in [0, 0.05) is 10.7 Å². The van der Waals surface area contributed by atoms with Gasteiger partial charge >= 0.3 is 0 Å². The van der Waals surface area contributed by atoms with Gasteiger partial charge in [-0.2, -0.15) is 0 Å². The molecule has 0 spiro atoms. The molecule has 4 nitrogen and oxygen atoms in total. The van der Waals surface area contributed by atoms with Crippen molar-refractivity contribution in [1.29, 1.82) is 5.41 Å². The van der Waals surface area contributed by atoms with Crippen LogP contribution in [-0.4, -0.2) is 23.3 Å². The maximum Gasteiger partial charge on any atom is 0.137 e. The van der Waals surface area contributed by atoms with Gasteiger partial charge in [-0.1, -0.05) is 32.3 Å². The van der Waals surface area contributed by atoms with Gasteiger partial charge in [0.1, 0.15) is 11.3 Å². The van der Waals surface area contributed by atoms with Gasteiger partial charge in [0.05, 0.1) is 23.6 Å². The minimum atomic E-state index is 0.178. The molecule has 1 aromatic carbocycles. The highest BCUT2D eigenvalue weighted by atomic mass is 127. The van der Waals surface area contributed by atoms with Crippen LogP contribution in [0.2, 0.25) is 0 Å². The van der Waals surface area contributed by atoms with E-state index < -0.39 is 0 Å². The molecule has 120 valence electrons. The summed E-state index contributed by atoms with van der Waals surface area (Å²) in [6, 6.07) is 6.19. The van der Waals surface area contributed by atoms with Gasteiger partial charge in [0.25, 0.3) is 0 Å². The molecule has 0 aliphatic carbocycles. The number of fused-ring (bicyclic) bond motifs is 1. The Bertz CT molecular complexity index is 696. The number of hydrogen-bond donors (Lipinski definition) is 1. The van der Waals surface area contributed by atoms with Gasteiger partial charge in [-0.15, -0.1) is 0 Å². The largest absolute Gasteiger partial charge is 0.383 e. The summed E-state index contributed by atoms with van der Waals surface area (Å²) >= 11 is 2.29. The summed E-state index contributed by atoms with van der Waals surface area (Å²) in [5.74, 6) is 0.887. The predicted molar refractivity (Wildman–Crippen MR) is 98.1 cm³/mol. The van der Waals surface area contributed by atoms with Crippen LogP contribution in [0.25, 0.3) is 10.9 Å². The first kappa shape index (κ1) is 17.4. The van der Waals surface area contributed by atoms with Gasteiger partial charge in [-0.25, -0.2) is 4.98 Å². The Kier molecular flexibility index (Phi) is 6.37. The zero-order chi connectivity index (χ0) is 16.1. The van der Waals surface area contributed by atoms with Crippen molar-refractivity contribution in [3.63, 3.8) is 0 Å². The fourth-order valence-corrected chi connectivity index (χ4v) is 3.65. The van der Waals surface area contributed by atoms with E-state index in [0.717, 1.165) is 33.1 Å². The first-order valence-electron chi connectivity index (χ1n) is 7.81. The lowest BCUT2D eigenvalue weighted by atomic mass is 10.1. The van der Waals surface area contributed by atoms with Crippen molar-refractivity contribution in [2.75, 3.05) is 13.7 Å². The van der Waals surface area contributed by atoms with E-state index in [1.54, 1.807) is 7.11 Å². The lowest BCUT2D eigenvalue weighted by Crippen LogP contribution is -2.31. The third-order valence-corrected chi connectivity index (χ3v) is 4.86. The van der Waals surface area contributed by atoms with Gasteiger partial charge < -0.3 is 9.30 Å². The lowest BCUT2D eigenvalue weighted by molar-refractivity contribution is 0.145. The molecule has 0 saturated carbocycles. The van der Waals surface area contributed by atoms with Gasteiger partial charge in [0.15, 0.2) is 0 Å². The quantitative estimate of drug-likeness (QED) is 0.547.